The summed E-state index contributed by atoms with van der Waals surface area (Å²) < 4.78 is 19.5. The van der Waals surface area contributed by atoms with E-state index in [2.05, 4.69) is 15.9 Å². The maximum Gasteiger partial charge on any atom is 0.168 e. The summed E-state index contributed by atoms with van der Waals surface area (Å²) in [4.78, 5) is 12.7. The van der Waals surface area contributed by atoms with E-state index < -0.39 is 5.60 Å². The van der Waals surface area contributed by atoms with E-state index in [9.17, 15) is 9.18 Å². The van der Waals surface area contributed by atoms with Crippen molar-refractivity contribution in [3.05, 3.63) is 34.1 Å². The number of hydrogen-bond donors (Lipinski definition) is 0. The third-order valence-corrected chi connectivity index (χ3v) is 5.08. The molecule has 2 rings (SSSR count). The molecule has 1 fully saturated rings. The van der Waals surface area contributed by atoms with Crippen LogP contribution < -0.4 is 0 Å². The lowest BCUT2D eigenvalue weighted by Crippen LogP contribution is -2.41. The fourth-order valence-corrected chi connectivity index (χ4v) is 3.32. The van der Waals surface area contributed by atoms with Gasteiger partial charge in [0.1, 0.15) is 11.4 Å². The molecule has 0 amide bonds. The van der Waals surface area contributed by atoms with Crippen molar-refractivity contribution in [2.75, 3.05) is 7.11 Å². The molecule has 0 radical (unpaired) electrons. The van der Waals surface area contributed by atoms with Crippen LogP contribution in [0.2, 0.25) is 0 Å². The topological polar surface area (TPSA) is 26.3 Å². The summed E-state index contributed by atoms with van der Waals surface area (Å²) in [7, 11) is 1.61. The largest absolute Gasteiger partial charge is 0.370 e. The van der Waals surface area contributed by atoms with Gasteiger partial charge in [0.05, 0.1) is 4.47 Å². The van der Waals surface area contributed by atoms with Crippen molar-refractivity contribution in [3.63, 3.8) is 0 Å². The van der Waals surface area contributed by atoms with Gasteiger partial charge in [0.15, 0.2) is 5.78 Å². The first-order valence-corrected chi connectivity index (χ1v) is 7.90. The Morgan fingerprint density at radius 1 is 1.30 bits per heavy atom. The molecule has 110 valence electrons. The van der Waals surface area contributed by atoms with Crippen LogP contribution in [0.25, 0.3) is 0 Å². The summed E-state index contributed by atoms with van der Waals surface area (Å²) in [6, 6.07) is 4.80. The van der Waals surface area contributed by atoms with Gasteiger partial charge in [-0.05, 0) is 40.4 Å². The van der Waals surface area contributed by atoms with E-state index >= 15 is 0 Å². The smallest absolute Gasteiger partial charge is 0.168 e. The van der Waals surface area contributed by atoms with Crippen LogP contribution in [0.15, 0.2) is 22.7 Å². The number of halogens is 2. The van der Waals surface area contributed by atoms with Gasteiger partial charge in [-0.25, -0.2) is 4.39 Å². The minimum absolute atomic E-state index is 0.0631. The zero-order chi connectivity index (χ0) is 14.6. The lowest BCUT2D eigenvalue weighted by Gasteiger charge is -2.30. The molecule has 1 aromatic carbocycles. The Bertz CT molecular complexity index is 479. The Morgan fingerprint density at radius 3 is 2.55 bits per heavy atom. The number of carbonyl (C=O) groups excluding carboxylic acids is 1. The number of ketones is 1. The van der Waals surface area contributed by atoms with Gasteiger partial charge >= 0.3 is 0 Å². The van der Waals surface area contributed by atoms with Crippen molar-refractivity contribution in [1.29, 1.82) is 0 Å². The van der Waals surface area contributed by atoms with Gasteiger partial charge < -0.3 is 4.74 Å². The van der Waals surface area contributed by atoms with Gasteiger partial charge in [-0.1, -0.05) is 37.8 Å². The van der Waals surface area contributed by atoms with Crippen molar-refractivity contribution in [3.8, 4) is 0 Å². The predicted molar refractivity (Wildman–Crippen MR) is 80.3 cm³/mol. The van der Waals surface area contributed by atoms with Crippen LogP contribution >= 0.6 is 15.9 Å². The molecule has 1 aromatic rings. The molecule has 0 heterocycles. The highest BCUT2D eigenvalue weighted by Gasteiger charge is 2.38. The zero-order valence-electron chi connectivity index (χ0n) is 11.8. The molecule has 1 aliphatic rings. The molecule has 4 heteroatoms. The van der Waals surface area contributed by atoms with Crippen LogP contribution in [-0.4, -0.2) is 18.5 Å². The monoisotopic (exact) mass is 342 g/mol. The summed E-state index contributed by atoms with van der Waals surface area (Å²) >= 11 is 3.22. The van der Waals surface area contributed by atoms with Crippen LogP contribution in [0.5, 0.6) is 0 Å². The molecule has 0 aliphatic heterocycles. The van der Waals surface area contributed by atoms with Crippen LogP contribution in [0, 0.1) is 5.82 Å². The van der Waals surface area contributed by atoms with Gasteiger partial charge in [0.25, 0.3) is 0 Å². The average molecular weight is 343 g/mol. The number of hydrogen-bond acceptors (Lipinski definition) is 2. The zero-order valence-corrected chi connectivity index (χ0v) is 13.3. The maximum absolute atomic E-state index is 13.5. The Kier molecular flexibility index (Phi) is 5.33. The molecule has 1 aliphatic carbocycles. The van der Waals surface area contributed by atoms with Crippen molar-refractivity contribution < 1.29 is 13.9 Å². The van der Waals surface area contributed by atoms with Crippen LogP contribution in [-0.2, 0) is 16.0 Å². The lowest BCUT2D eigenvalue weighted by atomic mass is 9.86. The molecule has 2 nitrogen and oxygen atoms in total. The Balaban J connectivity index is 2.18. The van der Waals surface area contributed by atoms with E-state index in [1.165, 1.54) is 6.07 Å². The molecule has 0 aromatic heterocycles. The second kappa shape index (κ2) is 6.81. The molecule has 0 atom stereocenters. The maximum atomic E-state index is 13.5. The number of carbonyl (C=O) groups is 1. The standard InChI is InChI=1S/C16H20BrFO2/c1-20-16(9-4-2-3-5-10-16)14(19)11-12-7-6-8-13(18)15(12)17/h6-8H,2-5,9-11H2,1H3. The SMILES string of the molecule is COC1(C(=O)Cc2cccc(F)c2Br)CCCCCC1. The summed E-state index contributed by atoms with van der Waals surface area (Å²) in [5.41, 5.74) is 0.0121. The van der Waals surface area contributed by atoms with Crippen molar-refractivity contribution >= 4 is 21.7 Å². The van der Waals surface area contributed by atoms with Gasteiger partial charge in [-0.2, -0.15) is 0 Å². The van der Waals surface area contributed by atoms with Crippen molar-refractivity contribution in [2.45, 2.75) is 50.5 Å². The van der Waals surface area contributed by atoms with Crippen LogP contribution in [0.1, 0.15) is 44.1 Å². The highest BCUT2D eigenvalue weighted by atomic mass is 79.9. The van der Waals surface area contributed by atoms with Gasteiger partial charge in [-0.15, -0.1) is 0 Å². The highest BCUT2D eigenvalue weighted by Crippen LogP contribution is 2.33. The molecule has 1 saturated carbocycles. The fourth-order valence-electron chi connectivity index (χ4n) is 2.92. The first kappa shape index (κ1) is 15.6. The predicted octanol–water partition coefficient (Wildman–Crippen LogP) is 4.44. The first-order valence-electron chi connectivity index (χ1n) is 7.10. The number of ether oxygens (including phenoxy) is 1. The van der Waals surface area contributed by atoms with E-state index in [1.54, 1.807) is 19.2 Å². The normalized spacial score (nSPS) is 18.6. The molecule has 0 N–H and O–H groups in total. The van der Waals surface area contributed by atoms with Crippen molar-refractivity contribution in [2.24, 2.45) is 0 Å². The third-order valence-electron chi connectivity index (χ3n) is 4.19. The molecule has 20 heavy (non-hydrogen) atoms. The van der Waals surface area contributed by atoms with Gasteiger partial charge in [0.2, 0.25) is 0 Å². The van der Waals surface area contributed by atoms with E-state index in [0.29, 0.717) is 10.0 Å². The number of benzene rings is 1. The van der Waals surface area contributed by atoms with Crippen LogP contribution in [0.3, 0.4) is 0 Å². The molecular formula is C16H20BrFO2. The fraction of sp³-hybridized carbons (Fsp3) is 0.562. The molecule has 0 saturated heterocycles. The van der Waals surface area contributed by atoms with Crippen LogP contribution in [0.4, 0.5) is 4.39 Å². The lowest BCUT2D eigenvalue weighted by molar-refractivity contribution is -0.142. The van der Waals surface area contributed by atoms with Gasteiger partial charge in [0, 0.05) is 13.5 Å². The number of methoxy groups -OCH3 is 1. The summed E-state index contributed by atoms with van der Waals surface area (Å²) in [6.45, 7) is 0. The summed E-state index contributed by atoms with van der Waals surface area (Å²) in [5.74, 6) is -0.268. The average Bonchev–Trinajstić information content (AvgIpc) is 2.70. The summed E-state index contributed by atoms with van der Waals surface area (Å²) in [5, 5.41) is 0. The minimum Gasteiger partial charge on any atom is -0.370 e. The second-order valence-electron chi connectivity index (χ2n) is 5.43. The number of rotatable bonds is 4. The highest BCUT2D eigenvalue weighted by molar-refractivity contribution is 9.10. The minimum atomic E-state index is -0.678. The van der Waals surface area contributed by atoms with E-state index in [-0.39, 0.29) is 18.0 Å². The van der Waals surface area contributed by atoms with E-state index in [0.717, 1.165) is 38.5 Å². The first-order chi connectivity index (χ1) is 9.59. The number of Topliss-reactive ketones (excluding diaryl/α,β-unsaturated/α-hetero) is 1. The quantitative estimate of drug-likeness (QED) is 0.756. The summed E-state index contributed by atoms with van der Waals surface area (Å²) in [6.07, 6.45) is 6.11. The molecule has 0 spiro atoms. The third kappa shape index (κ3) is 3.29. The van der Waals surface area contributed by atoms with E-state index in [4.69, 9.17) is 4.74 Å². The molecule has 0 bridgehead atoms. The molecule has 0 unspecified atom stereocenters. The van der Waals surface area contributed by atoms with Gasteiger partial charge in [-0.3, -0.25) is 4.79 Å². The Hall–Kier alpha value is -0.740. The molecular weight excluding hydrogens is 323 g/mol. The Morgan fingerprint density at radius 2 is 1.95 bits per heavy atom. The second-order valence-corrected chi connectivity index (χ2v) is 6.22. The Labute approximate surface area is 127 Å². The van der Waals surface area contributed by atoms with Crippen molar-refractivity contribution in [1.82, 2.24) is 0 Å². The van der Waals surface area contributed by atoms with E-state index in [1.807, 2.05) is 0 Å².